The molecule has 4 aromatic rings. The van der Waals surface area contributed by atoms with Crippen LogP contribution in [0.1, 0.15) is 0 Å². The molecule has 0 aliphatic carbocycles. The summed E-state index contributed by atoms with van der Waals surface area (Å²) >= 11 is 12.4. The van der Waals surface area contributed by atoms with Crippen LogP contribution in [-0.2, 0) is 0 Å². The maximum Gasteiger partial charge on any atom is 0.266 e. The Kier molecular flexibility index (Phi) is 4.56. The zero-order valence-corrected chi connectivity index (χ0v) is 15.7. The fourth-order valence-corrected chi connectivity index (χ4v) is 3.41. The Labute approximate surface area is 164 Å². The van der Waals surface area contributed by atoms with Crippen LogP contribution in [0.5, 0.6) is 5.75 Å². The van der Waals surface area contributed by atoms with Gasteiger partial charge in [-0.1, -0.05) is 23.2 Å². The number of hydrogen-bond donors (Lipinski definition) is 0. The van der Waals surface area contributed by atoms with Crippen molar-refractivity contribution in [2.24, 2.45) is 0 Å². The lowest BCUT2D eigenvalue weighted by Gasteiger charge is -2.14. The first-order valence-electron chi connectivity index (χ1n) is 8.05. The lowest BCUT2D eigenvalue weighted by molar-refractivity contribution is 0.414. The van der Waals surface area contributed by atoms with Crippen LogP contribution in [0.15, 0.2) is 65.7 Å². The van der Waals surface area contributed by atoms with Gasteiger partial charge in [-0.05, 0) is 48.5 Å². The monoisotopic (exact) mass is 397 g/mol. The Bertz CT molecular complexity index is 1190. The van der Waals surface area contributed by atoms with Gasteiger partial charge >= 0.3 is 0 Å². The number of benzene rings is 2. The van der Waals surface area contributed by atoms with Crippen LogP contribution in [0.25, 0.3) is 28.0 Å². The van der Waals surface area contributed by atoms with Crippen LogP contribution in [0, 0.1) is 0 Å². The maximum absolute atomic E-state index is 13.3. The summed E-state index contributed by atoms with van der Waals surface area (Å²) in [6, 6.07) is 13.9. The second-order valence-corrected chi connectivity index (χ2v) is 6.64. The summed E-state index contributed by atoms with van der Waals surface area (Å²) in [6.07, 6.45) is 3.31. The summed E-state index contributed by atoms with van der Waals surface area (Å²) in [5.41, 5.74) is 1.46. The van der Waals surface area contributed by atoms with Gasteiger partial charge in [-0.3, -0.25) is 14.3 Å². The first-order chi connectivity index (χ1) is 13.1. The highest BCUT2D eigenvalue weighted by Crippen LogP contribution is 2.28. The topological polar surface area (TPSA) is 57.0 Å². The Balaban J connectivity index is 2.11. The number of fused-ring (bicyclic) bond motifs is 1. The third kappa shape index (κ3) is 3.16. The molecule has 0 bridgehead atoms. The van der Waals surface area contributed by atoms with E-state index >= 15 is 0 Å². The second kappa shape index (κ2) is 7.02. The summed E-state index contributed by atoms with van der Waals surface area (Å²) in [4.78, 5) is 22.1. The number of pyridine rings is 1. The minimum atomic E-state index is -0.270. The molecule has 134 valence electrons. The largest absolute Gasteiger partial charge is 0.497 e. The summed E-state index contributed by atoms with van der Waals surface area (Å²) in [5, 5.41) is 1.04. The van der Waals surface area contributed by atoms with E-state index < -0.39 is 0 Å². The van der Waals surface area contributed by atoms with Gasteiger partial charge in [0.25, 0.3) is 5.56 Å². The van der Waals surface area contributed by atoms with Gasteiger partial charge < -0.3 is 4.74 Å². The predicted molar refractivity (Wildman–Crippen MR) is 107 cm³/mol. The number of methoxy groups -OCH3 is 1. The van der Waals surface area contributed by atoms with Gasteiger partial charge in [0.05, 0.1) is 28.7 Å². The Morgan fingerprint density at radius 2 is 1.85 bits per heavy atom. The normalized spacial score (nSPS) is 10.9. The first kappa shape index (κ1) is 17.5. The fourth-order valence-electron chi connectivity index (χ4n) is 2.87. The van der Waals surface area contributed by atoms with E-state index in [0.717, 1.165) is 0 Å². The van der Waals surface area contributed by atoms with Gasteiger partial charge in [0, 0.05) is 23.0 Å². The molecular formula is C20H13Cl2N3O2. The highest BCUT2D eigenvalue weighted by atomic mass is 35.5. The number of ether oxygens (including phenoxy) is 1. The molecule has 0 N–H and O–H groups in total. The van der Waals surface area contributed by atoms with Crippen molar-refractivity contribution in [1.82, 2.24) is 14.5 Å². The van der Waals surface area contributed by atoms with Crippen molar-refractivity contribution in [1.29, 1.82) is 0 Å². The van der Waals surface area contributed by atoms with E-state index in [2.05, 4.69) is 9.97 Å². The molecular weight excluding hydrogens is 385 g/mol. The molecule has 0 aliphatic heterocycles. The third-order valence-corrected chi connectivity index (χ3v) is 4.65. The second-order valence-electron chi connectivity index (χ2n) is 5.80. The van der Waals surface area contributed by atoms with Crippen LogP contribution < -0.4 is 10.3 Å². The summed E-state index contributed by atoms with van der Waals surface area (Å²) in [5.74, 6) is 1.13. The minimum Gasteiger partial charge on any atom is -0.497 e. The zero-order chi connectivity index (χ0) is 19.0. The van der Waals surface area contributed by atoms with Gasteiger partial charge in [-0.15, -0.1) is 0 Å². The van der Waals surface area contributed by atoms with E-state index in [0.29, 0.717) is 43.8 Å². The lowest BCUT2D eigenvalue weighted by atomic mass is 10.2. The van der Waals surface area contributed by atoms with Crippen molar-refractivity contribution in [2.75, 3.05) is 7.11 Å². The van der Waals surface area contributed by atoms with Crippen LogP contribution in [0.2, 0.25) is 10.0 Å². The average molecular weight is 398 g/mol. The van der Waals surface area contributed by atoms with Crippen LogP contribution in [-0.4, -0.2) is 21.6 Å². The molecule has 2 heterocycles. The van der Waals surface area contributed by atoms with Gasteiger partial charge in [0.15, 0.2) is 0 Å². The van der Waals surface area contributed by atoms with Gasteiger partial charge in [0.1, 0.15) is 11.6 Å². The first-order valence-corrected chi connectivity index (χ1v) is 8.80. The van der Waals surface area contributed by atoms with E-state index in [1.54, 1.807) is 62.0 Å². The highest BCUT2D eigenvalue weighted by molar-refractivity contribution is 6.38. The van der Waals surface area contributed by atoms with E-state index in [4.69, 9.17) is 27.9 Å². The molecule has 7 heteroatoms. The molecule has 27 heavy (non-hydrogen) atoms. The number of hydrogen-bond acceptors (Lipinski definition) is 4. The molecule has 5 nitrogen and oxygen atoms in total. The maximum atomic E-state index is 13.3. The van der Waals surface area contributed by atoms with E-state index in [1.807, 2.05) is 6.07 Å². The molecule has 0 spiro atoms. The quantitative estimate of drug-likeness (QED) is 0.499. The predicted octanol–water partition coefficient (Wildman–Crippen LogP) is 4.76. The standard InChI is InChI=1S/C20H13Cl2N3O2/c1-27-15-6-4-14(5-7-15)25-19(12-3-2-8-23-11-12)24-18-16(20(25)26)9-13(21)10-17(18)22/h2-11H,1H3. The van der Waals surface area contributed by atoms with Crippen LogP contribution in [0.3, 0.4) is 0 Å². The number of nitrogens with zero attached hydrogens (tertiary/aromatic N) is 3. The van der Waals surface area contributed by atoms with Crippen molar-refractivity contribution in [3.8, 4) is 22.8 Å². The van der Waals surface area contributed by atoms with Gasteiger partial charge in [-0.2, -0.15) is 0 Å². The molecule has 0 radical (unpaired) electrons. The molecule has 0 saturated heterocycles. The summed E-state index contributed by atoms with van der Waals surface area (Å²) < 4.78 is 6.72. The van der Waals surface area contributed by atoms with Crippen LogP contribution >= 0.6 is 23.2 Å². The van der Waals surface area contributed by atoms with E-state index in [1.165, 1.54) is 4.57 Å². The summed E-state index contributed by atoms with van der Waals surface area (Å²) in [7, 11) is 1.59. The van der Waals surface area contributed by atoms with E-state index in [-0.39, 0.29) is 5.56 Å². The molecule has 0 amide bonds. The van der Waals surface area contributed by atoms with Crippen molar-refractivity contribution in [3.63, 3.8) is 0 Å². The third-order valence-electron chi connectivity index (χ3n) is 4.14. The summed E-state index contributed by atoms with van der Waals surface area (Å²) in [6.45, 7) is 0. The molecule has 0 saturated carbocycles. The number of halogens is 2. The van der Waals surface area contributed by atoms with Crippen molar-refractivity contribution in [3.05, 3.63) is 81.3 Å². The Morgan fingerprint density at radius 3 is 2.52 bits per heavy atom. The Hall–Kier alpha value is -2.89. The number of aromatic nitrogens is 3. The van der Waals surface area contributed by atoms with Gasteiger partial charge in [0.2, 0.25) is 0 Å². The van der Waals surface area contributed by atoms with Crippen molar-refractivity contribution >= 4 is 34.1 Å². The molecule has 0 aliphatic rings. The van der Waals surface area contributed by atoms with Crippen LogP contribution in [0.4, 0.5) is 0 Å². The number of rotatable bonds is 3. The van der Waals surface area contributed by atoms with Gasteiger partial charge in [-0.25, -0.2) is 4.98 Å². The fraction of sp³-hybridized carbons (Fsp3) is 0.0500. The van der Waals surface area contributed by atoms with E-state index in [9.17, 15) is 4.79 Å². The minimum absolute atomic E-state index is 0.270. The Morgan fingerprint density at radius 1 is 1.07 bits per heavy atom. The average Bonchev–Trinajstić information content (AvgIpc) is 2.69. The molecule has 4 rings (SSSR count). The lowest BCUT2D eigenvalue weighted by Crippen LogP contribution is -2.22. The molecule has 0 fully saturated rings. The highest BCUT2D eigenvalue weighted by Gasteiger charge is 2.17. The SMILES string of the molecule is COc1ccc(-n2c(-c3cccnc3)nc3c(Cl)cc(Cl)cc3c2=O)cc1. The van der Waals surface area contributed by atoms with Crippen molar-refractivity contribution in [2.45, 2.75) is 0 Å². The van der Waals surface area contributed by atoms with Crippen molar-refractivity contribution < 1.29 is 4.74 Å². The molecule has 2 aromatic heterocycles. The molecule has 2 aromatic carbocycles. The zero-order valence-electron chi connectivity index (χ0n) is 14.2. The molecule has 0 unspecified atom stereocenters. The smallest absolute Gasteiger partial charge is 0.266 e. The molecule has 0 atom stereocenters.